The third-order valence-electron chi connectivity index (χ3n) is 3.37. The van der Waals surface area contributed by atoms with Crippen molar-refractivity contribution in [2.24, 2.45) is 0 Å². The van der Waals surface area contributed by atoms with Crippen LogP contribution in [0.1, 0.15) is 23.7 Å². The molecule has 0 radical (unpaired) electrons. The van der Waals surface area contributed by atoms with Crippen molar-refractivity contribution in [2.75, 3.05) is 6.61 Å². The molecule has 0 aliphatic carbocycles. The summed E-state index contributed by atoms with van der Waals surface area (Å²) in [6.45, 7) is 1.15. The van der Waals surface area contributed by atoms with E-state index in [9.17, 15) is 24.5 Å². The molecule has 1 atom stereocenters. The molecular formula is C15H14N2O6. The molecule has 8 nitrogen and oxygen atoms in total. The lowest BCUT2D eigenvalue weighted by molar-refractivity contribution is -0.385. The van der Waals surface area contributed by atoms with Crippen molar-refractivity contribution in [1.29, 1.82) is 0 Å². The van der Waals surface area contributed by atoms with Crippen molar-refractivity contribution in [3.63, 3.8) is 0 Å². The zero-order valence-corrected chi connectivity index (χ0v) is 12.3. The van der Waals surface area contributed by atoms with Crippen molar-refractivity contribution in [2.45, 2.75) is 19.4 Å². The van der Waals surface area contributed by atoms with Gasteiger partial charge in [0, 0.05) is 31.2 Å². The maximum atomic E-state index is 12.6. The van der Waals surface area contributed by atoms with E-state index in [1.165, 1.54) is 42.3 Å². The smallest absolute Gasteiger partial charge is 0.302 e. The summed E-state index contributed by atoms with van der Waals surface area (Å²) in [6, 6.07) is 4.99. The average Bonchev–Trinajstić information content (AvgIpc) is 2.95. The number of para-hydroxylation sites is 1. The van der Waals surface area contributed by atoms with Gasteiger partial charge in [0.05, 0.1) is 11.0 Å². The summed E-state index contributed by atoms with van der Waals surface area (Å²) in [5.74, 6) is -1.13. The number of carbonyl (C=O) groups excluding carboxylic acids is 3. The fraction of sp³-hybridized carbons (Fsp3) is 0.267. The largest absolute Gasteiger partial charge is 0.464 e. The van der Waals surface area contributed by atoms with E-state index in [4.69, 9.17) is 4.74 Å². The first-order chi connectivity index (χ1) is 10.9. The summed E-state index contributed by atoms with van der Waals surface area (Å²) in [5.41, 5.74) is -0.0560. The number of hydrogen-bond acceptors (Lipinski definition) is 6. The van der Waals surface area contributed by atoms with E-state index >= 15 is 0 Å². The minimum absolute atomic E-state index is 0.0878. The fourth-order valence-electron chi connectivity index (χ4n) is 2.32. The van der Waals surface area contributed by atoms with Crippen LogP contribution < -0.4 is 0 Å². The highest BCUT2D eigenvalue weighted by atomic mass is 16.6. The Hall–Kier alpha value is -3.03. The van der Waals surface area contributed by atoms with Crippen LogP contribution >= 0.6 is 0 Å². The van der Waals surface area contributed by atoms with Gasteiger partial charge in [0.25, 0.3) is 11.6 Å². The van der Waals surface area contributed by atoms with Crippen LogP contribution in [0.3, 0.4) is 0 Å². The third kappa shape index (κ3) is 3.60. The highest BCUT2D eigenvalue weighted by Crippen LogP contribution is 2.26. The Balaban J connectivity index is 2.31. The van der Waals surface area contributed by atoms with Crippen LogP contribution in [-0.2, 0) is 14.3 Å². The molecule has 0 aromatic heterocycles. The van der Waals surface area contributed by atoms with Crippen molar-refractivity contribution >= 4 is 23.9 Å². The number of carbonyl (C=O) groups is 3. The summed E-state index contributed by atoms with van der Waals surface area (Å²) in [7, 11) is 0. The molecule has 1 unspecified atom stereocenters. The third-order valence-corrected chi connectivity index (χ3v) is 3.37. The zero-order valence-electron chi connectivity index (χ0n) is 12.3. The minimum Gasteiger partial charge on any atom is -0.464 e. The molecule has 1 aromatic carbocycles. The second-order valence-electron chi connectivity index (χ2n) is 4.97. The van der Waals surface area contributed by atoms with Crippen molar-refractivity contribution in [3.05, 3.63) is 51.7 Å². The predicted molar refractivity (Wildman–Crippen MR) is 78.5 cm³/mol. The molecule has 1 aliphatic heterocycles. The first-order valence-electron chi connectivity index (χ1n) is 6.79. The standard InChI is InChI=1S/C15H14N2O6/c1-10(19)23-9-12-6-11(8-18)7-16(12)15(20)13-4-2-3-5-14(13)17(21)22/h2-5,7-8,12H,6,9H2,1H3. The highest BCUT2D eigenvalue weighted by molar-refractivity contribution is 5.99. The van der Waals surface area contributed by atoms with Crippen LogP contribution in [-0.4, -0.2) is 40.6 Å². The fourth-order valence-corrected chi connectivity index (χ4v) is 2.32. The van der Waals surface area contributed by atoms with Crippen LogP contribution in [0.2, 0.25) is 0 Å². The summed E-state index contributed by atoms with van der Waals surface area (Å²) in [5, 5.41) is 11.1. The van der Waals surface area contributed by atoms with E-state index in [2.05, 4.69) is 0 Å². The number of aldehydes is 1. The molecule has 0 bridgehead atoms. The second-order valence-corrected chi connectivity index (χ2v) is 4.97. The molecule has 2 rings (SSSR count). The summed E-state index contributed by atoms with van der Waals surface area (Å²) in [6.07, 6.45) is 2.16. The molecule has 1 aliphatic rings. The maximum absolute atomic E-state index is 12.6. The quantitative estimate of drug-likeness (QED) is 0.352. The molecule has 0 N–H and O–H groups in total. The Labute approximate surface area is 131 Å². The van der Waals surface area contributed by atoms with Crippen LogP contribution in [0.5, 0.6) is 0 Å². The molecule has 0 fully saturated rings. The van der Waals surface area contributed by atoms with Crippen LogP contribution in [0.15, 0.2) is 36.0 Å². The Kier molecular flexibility index (Phi) is 4.85. The van der Waals surface area contributed by atoms with Crippen LogP contribution in [0, 0.1) is 10.1 Å². The normalized spacial score (nSPS) is 16.7. The van der Waals surface area contributed by atoms with Crippen molar-refractivity contribution < 1.29 is 24.0 Å². The number of hydrogen-bond donors (Lipinski definition) is 0. The summed E-state index contributed by atoms with van der Waals surface area (Å²) in [4.78, 5) is 46.1. The molecule has 120 valence electrons. The molecule has 0 saturated heterocycles. The van der Waals surface area contributed by atoms with Gasteiger partial charge in [-0.05, 0) is 6.07 Å². The number of benzene rings is 1. The predicted octanol–water partition coefficient (Wildman–Crippen LogP) is 1.46. The van der Waals surface area contributed by atoms with E-state index < -0.39 is 22.8 Å². The summed E-state index contributed by atoms with van der Waals surface area (Å²) >= 11 is 0. The number of esters is 1. The van der Waals surface area contributed by atoms with Gasteiger partial charge in [-0.3, -0.25) is 24.5 Å². The lowest BCUT2D eigenvalue weighted by Crippen LogP contribution is -2.36. The number of nitro groups is 1. The number of amides is 1. The maximum Gasteiger partial charge on any atom is 0.302 e. The van der Waals surface area contributed by atoms with Gasteiger partial charge in [-0.25, -0.2) is 0 Å². The molecule has 0 saturated carbocycles. The Bertz CT molecular complexity index is 697. The molecule has 1 amide bonds. The zero-order chi connectivity index (χ0) is 17.0. The van der Waals surface area contributed by atoms with Crippen molar-refractivity contribution in [1.82, 2.24) is 4.90 Å². The number of rotatable bonds is 5. The van der Waals surface area contributed by atoms with E-state index in [0.29, 0.717) is 11.9 Å². The molecular weight excluding hydrogens is 304 g/mol. The highest BCUT2D eigenvalue weighted by Gasteiger charge is 2.33. The SMILES string of the molecule is CC(=O)OCC1CC(C=O)=CN1C(=O)c1ccccc1[N+](=O)[O-]. The van der Waals surface area contributed by atoms with Crippen molar-refractivity contribution in [3.8, 4) is 0 Å². The molecule has 1 aromatic rings. The Morgan fingerprint density at radius 1 is 1.43 bits per heavy atom. The van der Waals surface area contributed by atoms with Gasteiger partial charge < -0.3 is 9.64 Å². The minimum atomic E-state index is -0.644. The van der Waals surface area contributed by atoms with E-state index in [1.807, 2.05) is 0 Å². The number of ether oxygens (including phenoxy) is 1. The van der Waals surface area contributed by atoms with E-state index in [0.717, 1.165) is 0 Å². The Morgan fingerprint density at radius 3 is 2.74 bits per heavy atom. The molecule has 1 heterocycles. The first-order valence-corrected chi connectivity index (χ1v) is 6.79. The van der Waals surface area contributed by atoms with Gasteiger partial charge in [0.1, 0.15) is 18.5 Å². The van der Waals surface area contributed by atoms with E-state index in [1.54, 1.807) is 0 Å². The van der Waals surface area contributed by atoms with Gasteiger partial charge in [-0.15, -0.1) is 0 Å². The monoisotopic (exact) mass is 318 g/mol. The molecule has 23 heavy (non-hydrogen) atoms. The van der Waals surface area contributed by atoms with Gasteiger partial charge in [-0.2, -0.15) is 0 Å². The molecule has 0 spiro atoms. The van der Waals surface area contributed by atoms with Crippen LogP contribution in [0.25, 0.3) is 0 Å². The van der Waals surface area contributed by atoms with Gasteiger partial charge in [0.2, 0.25) is 0 Å². The van der Waals surface area contributed by atoms with E-state index in [-0.39, 0.29) is 24.3 Å². The topological polar surface area (TPSA) is 107 Å². The lowest BCUT2D eigenvalue weighted by Gasteiger charge is -2.23. The first kappa shape index (κ1) is 16.3. The molecule has 8 heteroatoms. The lowest BCUT2D eigenvalue weighted by atomic mass is 10.1. The summed E-state index contributed by atoms with van der Waals surface area (Å²) < 4.78 is 4.90. The van der Waals surface area contributed by atoms with Gasteiger partial charge >= 0.3 is 5.97 Å². The second kappa shape index (κ2) is 6.82. The average molecular weight is 318 g/mol. The van der Waals surface area contributed by atoms with Gasteiger partial charge in [0.15, 0.2) is 0 Å². The Morgan fingerprint density at radius 2 is 2.13 bits per heavy atom. The van der Waals surface area contributed by atoms with Gasteiger partial charge in [-0.1, -0.05) is 12.1 Å². The van der Waals surface area contributed by atoms with Crippen LogP contribution in [0.4, 0.5) is 5.69 Å². The number of nitrogens with zero attached hydrogens (tertiary/aromatic N) is 2. The number of nitro benzene ring substituents is 1.